The van der Waals surface area contributed by atoms with E-state index in [2.05, 4.69) is 10.5 Å². The lowest BCUT2D eigenvalue weighted by Gasteiger charge is -2.11. The summed E-state index contributed by atoms with van der Waals surface area (Å²) in [5.74, 6) is -0.116. The molecular formula is C13H15N3O2. The Kier molecular flexibility index (Phi) is 3.06. The number of aryl methyl sites for hydroxylation is 3. The van der Waals surface area contributed by atoms with Gasteiger partial charge in [-0.2, -0.15) is 0 Å². The third kappa shape index (κ3) is 2.34. The maximum Gasteiger partial charge on any atom is 0.294 e. The molecule has 94 valence electrons. The number of hydrogen-bond donors (Lipinski definition) is 2. The average Bonchev–Trinajstić information content (AvgIpc) is 2.70. The monoisotopic (exact) mass is 245 g/mol. The number of rotatable bonds is 2. The lowest BCUT2D eigenvalue weighted by atomic mass is 10.1. The Bertz CT molecular complexity index is 579. The fraction of sp³-hybridized carbons (Fsp3) is 0.231. The van der Waals surface area contributed by atoms with Crippen LogP contribution in [0.4, 0.5) is 11.4 Å². The van der Waals surface area contributed by atoms with Gasteiger partial charge in [0.25, 0.3) is 5.91 Å². The van der Waals surface area contributed by atoms with Crippen LogP contribution in [0.1, 0.15) is 27.4 Å². The topological polar surface area (TPSA) is 81.2 Å². The van der Waals surface area contributed by atoms with Gasteiger partial charge in [-0.05, 0) is 44.0 Å². The average molecular weight is 245 g/mol. The van der Waals surface area contributed by atoms with E-state index in [0.29, 0.717) is 11.4 Å². The van der Waals surface area contributed by atoms with E-state index < -0.39 is 0 Å². The van der Waals surface area contributed by atoms with Crippen molar-refractivity contribution in [3.63, 3.8) is 0 Å². The lowest BCUT2D eigenvalue weighted by molar-refractivity contribution is 0.0987. The fourth-order valence-electron chi connectivity index (χ4n) is 1.84. The van der Waals surface area contributed by atoms with Gasteiger partial charge in [-0.25, -0.2) is 0 Å². The zero-order chi connectivity index (χ0) is 13.3. The van der Waals surface area contributed by atoms with Gasteiger partial charge >= 0.3 is 0 Å². The molecule has 1 aromatic carbocycles. The molecule has 0 fully saturated rings. The second kappa shape index (κ2) is 4.52. The molecule has 0 saturated carbocycles. The van der Waals surface area contributed by atoms with Crippen LogP contribution in [0.15, 0.2) is 22.7 Å². The number of aromatic nitrogens is 1. The summed E-state index contributed by atoms with van der Waals surface area (Å²) >= 11 is 0. The molecule has 1 amide bonds. The Balaban J connectivity index is 2.27. The number of nitrogens with two attached hydrogens (primary N) is 1. The van der Waals surface area contributed by atoms with Crippen LogP contribution in [-0.2, 0) is 0 Å². The zero-order valence-electron chi connectivity index (χ0n) is 10.6. The molecule has 0 aliphatic heterocycles. The van der Waals surface area contributed by atoms with Crippen molar-refractivity contribution in [1.82, 2.24) is 5.16 Å². The van der Waals surface area contributed by atoms with Gasteiger partial charge in [0.05, 0.1) is 5.69 Å². The van der Waals surface area contributed by atoms with Crippen molar-refractivity contribution < 1.29 is 9.32 Å². The molecule has 1 aromatic heterocycles. The second-order valence-corrected chi connectivity index (χ2v) is 4.32. The second-order valence-electron chi connectivity index (χ2n) is 4.32. The number of hydrogen-bond acceptors (Lipinski definition) is 4. The van der Waals surface area contributed by atoms with Gasteiger partial charge in [-0.1, -0.05) is 5.16 Å². The van der Waals surface area contributed by atoms with Gasteiger partial charge in [0, 0.05) is 17.4 Å². The van der Waals surface area contributed by atoms with Gasteiger partial charge in [0.15, 0.2) is 0 Å². The van der Waals surface area contributed by atoms with Crippen molar-refractivity contribution in [2.75, 3.05) is 11.1 Å². The number of carbonyl (C=O) groups is 1. The van der Waals surface area contributed by atoms with Crippen molar-refractivity contribution in [3.05, 3.63) is 40.8 Å². The first-order chi connectivity index (χ1) is 8.47. The third-order valence-electron chi connectivity index (χ3n) is 2.65. The molecule has 2 aromatic rings. The number of amides is 1. The lowest BCUT2D eigenvalue weighted by Crippen LogP contribution is -2.13. The van der Waals surface area contributed by atoms with E-state index in [1.807, 2.05) is 26.0 Å². The Morgan fingerprint density at radius 3 is 2.33 bits per heavy atom. The van der Waals surface area contributed by atoms with Crippen molar-refractivity contribution in [2.45, 2.75) is 20.8 Å². The quantitative estimate of drug-likeness (QED) is 0.796. The summed E-state index contributed by atoms with van der Waals surface area (Å²) in [5, 5.41) is 6.49. The molecule has 0 aliphatic rings. The molecule has 18 heavy (non-hydrogen) atoms. The van der Waals surface area contributed by atoms with Crippen LogP contribution in [0.3, 0.4) is 0 Å². The molecule has 0 aliphatic carbocycles. The Hall–Kier alpha value is -2.30. The van der Waals surface area contributed by atoms with Crippen LogP contribution >= 0.6 is 0 Å². The first-order valence-corrected chi connectivity index (χ1v) is 5.59. The van der Waals surface area contributed by atoms with Crippen molar-refractivity contribution in [3.8, 4) is 0 Å². The standard InChI is InChI=1S/C13H15N3O2/c1-7-4-10(14)5-8(2)12(7)15-13(17)11-6-9(3)16-18-11/h4-6H,14H2,1-3H3,(H,15,17). The van der Waals surface area contributed by atoms with Crippen molar-refractivity contribution >= 4 is 17.3 Å². The van der Waals surface area contributed by atoms with Gasteiger partial charge in [-0.15, -0.1) is 0 Å². The molecular weight excluding hydrogens is 230 g/mol. The molecule has 0 saturated heterocycles. The molecule has 2 rings (SSSR count). The van der Waals surface area contributed by atoms with Crippen LogP contribution in [-0.4, -0.2) is 11.1 Å². The third-order valence-corrected chi connectivity index (χ3v) is 2.65. The summed E-state index contributed by atoms with van der Waals surface area (Å²) in [4.78, 5) is 11.9. The highest BCUT2D eigenvalue weighted by atomic mass is 16.5. The van der Waals surface area contributed by atoms with Gasteiger partial charge < -0.3 is 15.6 Å². The van der Waals surface area contributed by atoms with E-state index >= 15 is 0 Å². The summed E-state index contributed by atoms with van der Waals surface area (Å²) in [6.45, 7) is 5.55. The summed E-state index contributed by atoms with van der Waals surface area (Å²) in [7, 11) is 0. The highest BCUT2D eigenvalue weighted by molar-refractivity contribution is 6.03. The molecule has 5 heteroatoms. The number of nitrogens with zero attached hydrogens (tertiary/aromatic N) is 1. The summed E-state index contributed by atoms with van der Waals surface area (Å²) < 4.78 is 4.92. The molecule has 0 atom stereocenters. The molecule has 3 N–H and O–H groups in total. The predicted molar refractivity (Wildman–Crippen MR) is 69.5 cm³/mol. The SMILES string of the molecule is Cc1cc(C(=O)Nc2c(C)cc(N)cc2C)on1. The zero-order valence-corrected chi connectivity index (χ0v) is 10.6. The predicted octanol–water partition coefficient (Wildman–Crippen LogP) is 2.43. The number of anilines is 2. The summed E-state index contributed by atoms with van der Waals surface area (Å²) in [6.07, 6.45) is 0. The largest absolute Gasteiger partial charge is 0.399 e. The van der Waals surface area contributed by atoms with E-state index in [1.54, 1.807) is 13.0 Å². The fourth-order valence-corrected chi connectivity index (χ4v) is 1.84. The molecule has 0 spiro atoms. The maximum absolute atomic E-state index is 11.9. The van der Waals surface area contributed by atoms with Crippen LogP contribution in [0.2, 0.25) is 0 Å². The minimum Gasteiger partial charge on any atom is -0.399 e. The maximum atomic E-state index is 11.9. The Labute approximate surface area is 105 Å². The first kappa shape index (κ1) is 12.2. The molecule has 5 nitrogen and oxygen atoms in total. The highest BCUT2D eigenvalue weighted by Crippen LogP contribution is 2.24. The van der Waals surface area contributed by atoms with Crippen molar-refractivity contribution in [1.29, 1.82) is 0 Å². The van der Waals surface area contributed by atoms with Gasteiger partial charge in [0.2, 0.25) is 5.76 Å². The van der Waals surface area contributed by atoms with Crippen LogP contribution in [0, 0.1) is 20.8 Å². The smallest absolute Gasteiger partial charge is 0.294 e. The van der Waals surface area contributed by atoms with E-state index in [9.17, 15) is 4.79 Å². The van der Waals surface area contributed by atoms with E-state index in [0.717, 1.165) is 16.8 Å². The molecule has 0 radical (unpaired) electrons. The minimum absolute atomic E-state index is 0.197. The molecule has 0 bridgehead atoms. The summed E-state index contributed by atoms with van der Waals surface area (Å²) in [6, 6.07) is 5.22. The van der Waals surface area contributed by atoms with Crippen LogP contribution in [0.5, 0.6) is 0 Å². The molecule has 1 heterocycles. The van der Waals surface area contributed by atoms with E-state index in [-0.39, 0.29) is 11.7 Å². The number of nitrogen functional groups attached to an aromatic ring is 1. The Morgan fingerprint density at radius 2 is 1.83 bits per heavy atom. The highest BCUT2D eigenvalue weighted by Gasteiger charge is 2.14. The van der Waals surface area contributed by atoms with Gasteiger partial charge in [0.1, 0.15) is 0 Å². The molecule has 0 unspecified atom stereocenters. The van der Waals surface area contributed by atoms with E-state index in [1.165, 1.54) is 0 Å². The van der Waals surface area contributed by atoms with Crippen LogP contribution in [0.25, 0.3) is 0 Å². The van der Waals surface area contributed by atoms with Crippen molar-refractivity contribution in [2.24, 2.45) is 0 Å². The first-order valence-electron chi connectivity index (χ1n) is 5.59. The number of nitrogens with one attached hydrogen (secondary N) is 1. The number of carbonyl (C=O) groups excluding carboxylic acids is 1. The van der Waals surface area contributed by atoms with E-state index in [4.69, 9.17) is 10.3 Å². The van der Waals surface area contributed by atoms with Crippen LogP contribution < -0.4 is 11.1 Å². The minimum atomic E-state index is -0.313. The normalized spacial score (nSPS) is 10.4. The van der Waals surface area contributed by atoms with Gasteiger partial charge in [-0.3, -0.25) is 4.79 Å². The Morgan fingerprint density at radius 1 is 1.22 bits per heavy atom. The number of benzene rings is 1. The summed E-state index contributed by atoms with van der Waals surface area (Å²) in [5.41, 5.74) is 9.66.